The Morgan fingerprint density at radius 3 is 2.97 bits per heavy atom. The molecule has 32 heavy (non-hydrogen) atoms. The number of halogens is 1. The van der Waals surface area contributed by atoms with Crippen LogP contribution in [0.25, 0.3) is 11.1 Å². The van der Waals surface area contributed by atoms with Crippen molar-refractivity contribution < 1.29 is 22.9 Å². The third kappa shape index (κ3) is 3.58. The SMILES string of the molecule is COc1cc(-c2ccc3c(c2NC(=O)N=[SH](=O)c2cnn4c2OCCC4)CC3)c(F)cn1. The Morgan fingerprint density at radius 1 is 1.31 bits per heavy atom. The zero-order valence-corrected chi connectivity index (χ0v) is 18.1. The van der Waals surface area contributed by atoms with Gasteiger partial charge in [0, 0.05) is 30.2 Å². The number of pyridine rings is 1. The molecule has 3 aromatic rings. The highest BCUT2D eigenvalue weighted by Gasteiger charge is 2.24. The van der Waals surface area contributed by atoms with Crippen molar-refractivity contribution in [2.45, 2.75) is 30.7 Å². The van der Waals surface area contributed by atoms with Crippen LogP contribution < -0.4 is 14.8 Å². The van der Waals surface area contributed by atoms with Gasteiger partial charge in [-0.1, -0.05) is 12.1 Å². The Bertz CT molecular complexity index is 1320. The number of anilines is 1. The second-order valence-electron chi connectivity index (χ2n) is 7.40. The number of amides is 2. The van der Waals surface area contributed by atoms with Crippen LogP contribution in [-0.2, 0) is 30.0 Å². The summed E-state index contributed by atoms with van der Waals surface area (Å²) in [6, 6.07) is 4.34. The van der Waals surface area contributed by atoms with Gasteiger partial charge in [-0.15, -0.1) is 4.36 Å². The van der Waals surface area contributed by atoms with Crippen LogP contribution in [0.4, 0.5) is 14.9 Å². The first-order valence-electron chi connectivity index (χ1n) is 10.1. The van der Waals surface area contributed by atoms with Crippen LogP contribution in [0.2, 0.25) is 0 Å². The number of nitrogens with zero attached hydrogens (tertiary/aromatic N) is 4. The molecular weight excluding hydrogens is 437 g/mol. The first kappa shape index (κ1) is 20.4. The molecule has 9 nitrogen and oxygen atoms in total. The molecule has 0 fully saturated rings. The van der Waals surface area contributed by atoms with E-state index in [0.29, 0.717) is 30.3 Å². The molecule has 0 saturated carbocycles. The molecule has 2 aromatic heterocycles. The van der Waals surface area contributed by atoms with E-state index in [1.54, 1.807) is 10.7 Å². The van der Waals surface area contributed by atoms with Crippen molar-refractivity contribution in [2.75, 3.05) is 19.0 Å². The van der Waals surface area contributed by atoms with Crippen molar-refractivity contribution >= 4 is 22.3 Å². The van der Waals surface area contributed by atoms with E-state index in [1.165, 1.54) is 19.4 Å². The summed E-state index contributed by atoms with van der Waals surface area (Å²) in [5, 5.41) is 6.86. The van der Waals surface area contributed by atoms with Crippen LogP contribution >= 0.6 is 0 Å². The highest BCUT2D eigenvalue weighted by Crippen LogP contribution is 2.40. The van der Waals surface area contributed by atoms with Crippen molar-refractivity contribution in [1.82, 2.24) is 14.8 Å². The highest BCUT2D eigenvalue weighted by molar-refractivity contribution is 7.75. The molecule has 11 heteroatoms. The van der Waals surface area contributed by atoms with Crippen LogP contribution in [0.5, 0.6) is 11.8 Å². The first-order chi connectivity index (χ1) is 15.5. The minimum Gasteiger partial charge on any atom is -0.481 e. The minimum absolute atomic E-state index is 0.241. The Morgan fingerprint density at radius 2 is 2.19 bits per heavy atom. The molecule has 1 N–H and O–H groups in total. The summed E-state index contributed by atoms with van der Waals surface area (Å²) in [4.78, 5) is 16.9. The summed E-state index contributed by atoms with van der Waals surface area (Å²) < 4.78 is 43.4. The van der Waals surface area contributed by atoms with Crippen LogP contribution in [0.1, 0.15) is 17.5 Å². The largest absolute Gasteiger partial charge is 0.481 e. The van der Waals surface area contributed by atoms with E-state index in [4.69, 9.17) is 9.47 Å². The van der Waals surface area contributed by atoms with Crippen molar-refractivity contribution in [3.63, 3.8) is 0 Å². The zero-order valence-electron chi connectivity index (χ0n) is 17.2. The molecule has 2 amide bonds. The summed E-state index contributed by atoms with van der Waals surface area (Å²) in [5.74, 6) is 0.0803. The number of aryl methyl sites for hydroxylation is 2. The topological polar surface area (TPSA) is 108 Å². The standard InChI is InChI=1S/C21H20FN5O4S/c1-30-18-9-15(16(22)10-23-18)14-6-4-12-3-5-13(12)19(14)25-21(28)26-32(29)17-11-24-27-7-2-8-31-20(17)27/h4,6,9-11,32H,2-3,5,7-8H2,1H3,(H,25,28). The van der Waals surface area contributed by atoms with Crippen LogP contribution in [0.3, 0.4) is 0 Å². The van der Waals surface area contributed by atoms with E-state index >= 15 is 0 Å². The molecule has 1 unspecified atom stereocenters. The summed E-state index contributed by atoms with van der Waals surface area (Å²) in [6.45, 7) is 1.15. The number of methoxy groups -OCH3 is 1. The van der Waals surface area contributed by atoms with Gasteiger partial charge >= 0.3 is 6.03 Å². The number of aromatic nitrogens is 3. The predicted octanol–water partition coefficient (Wildman–Crippen LogP) is 3.23. The van der Waals surface area contributed by atoms with Gasteiger partial charge < -0.3 is 14.8 Å². The van der Waals surface area contributed by atoms with Crippen molar-refractivity contribution in [3.05, 3.63) is 47.5 Å². The van der Waals surface area contributed by atoms with Gasteiger partial charge in [-0.25, -0.2) is 23.1 Å². The van der Waals surface area contributed by atoms with E-state index in [0.717, 1.165) is 36.6 Å². The fourth-order valence-electron chi connectivity index (χ4n) is 3.85. The lowest BCUT2D eigenvalue weighted by atomic mass is 9.84. The summed E-state index contributed by atoms with van der Waals surface area (Å²) in [7, 11) is -0.972. The molecule has 1 aliphatic heterocycles. The Labute approximate surface area is 184 Å². The quantitative estimate of drug-likeness (QED) is 0.583. The molecular formula is C21H20FN5O4S. The second kappa shape index (κ2) is 8.23. The third-order valence-corrected chi connectivity index (χ3v) is 6.61. The Hall–Kier alpha value is -3.47. The fraction of sp³-hybridized carbons (Fsp3) is 0.286. The van der Waals surface area contributed by atoms with E-state index in [1.807, 2.05) is 6.07 Å². The molecule has 0 saturated heterocycles. The van der Waals surface area contributed by atoms with E-state index in [2.05, 4.69) is 19.8 Å². The molecule has 1 aromatic carbocycles. The van der Waals surface area contributed by atoms with Gasteiger partial charge in [0.05, 0.1) is 42.4 Å². The number of hydrogen-bond acceptors (Lipinski definition) is 6. The number of carbonyl (C=O) groups is 1. The summed E-state index contributed by atoms with van der Waals surface area (Å²) in [5.41, 5.74) is 3.14. The molecule has 166 valence electrons. The number of carbonyl (C=O) groups excluding carboxylic acids is 1. The molecule has 5 rings (SSSR count). The van der Waals surface area contributed by atoms with Crippen molar-refractivity contribution in [3.8, 4) is 22.9 Å². The average molecular weight is 457 g/mol. The molecule has 3 heterocycles. The number of hydrogen-bond donors (Lipinski definition) is 2. The molecule has 1 atom stereocenters. The Kier molecular flexibility index (Phi) is 5.25. The van der Waals surface area contributed by atoms with E-state index in [-0.39, 0.29) is 16.3 Å². The minimum atomic E-state index is -2.42. The maximum Gasteiger partial charge on any atom is 0.353 e. The van der Waals surface area contributed by atoms with Gasteiger partial charge in [-0.2, -0.15) is 5.10 Å². The van der Waals surface area contributed by atoms with Gasteiger partial charge in [-0.05, 0) is 24.0 Å². The number of ether oxygens (including phenoxy) is 2. The number of urea groups is 1. The van der Waals surface area contributed by atoms with Gasteiger partial charge in [0.1, 0.15) is 10.7 Å². The maximum absolute atomic E-state index is 14.6. The van der Waals surface area contributed by atoms with Crippen LogP contribution in [0, 0.1) is 5.82 Å². The molecule has 1 aliphatic carbocycles. The molecule has 0 spiro atoms. The van der Waals surface area contributed by atoms with Gasteiger partial charge in [0.25, 0.3) is 0 Å². The number of fused-ring (bicyclic) bond motifs is 2. The third-order valence-electron chi connectivity index (χ3n) is 5.53. The zero-order chi connectivity index (χ0) is 22.2. The van der Waals surface area contributed by atoms with Gasteiger partial charge in [0.2, 0.25) is 11.8 Å². The lowest BCUT2D eigenvalue weighted by Crippen LogP contribution is -2.17. The number of rotatable bonds is 4. The monoisotopic (exact) mass is 457 g/mol. The van der Waals surface area contributed by atoms with E-state index in [9.17, 15) is 13.4 Å². The fourth-order valence-corrected chi connectivity index (χ4v) is 4.67. The summed E-state index contributed by atoms with van der Waals surface area (Å²) >= 11 is 0. The molecule has 2 aliphatic rings. The molecule has 0 radical (unpaired) electrons. The number of benzene rings is 1. The van der Waals surface area contributed by atoms with Crippen LogP contribution in [-0.4, -0.2) is 38.7 Å². The lowest BCUT2D eigenvalue weighted by Gasteiger charge is -2.25. The average Bonchev–Trinajstić information content (AvgIpc) is 3.20. The molecule has 0 bridgehead atoms. The number of nitrogens with one attached hydrogen (secondary N) is 1. The number of thiol groups is 1. The lowest BCUT2D eigenvalue weighted by molar-refractivity contribution is 0.225. The summed E-state index contributed by atoms with van der Waals surface area (Å²) in [6.07, 6.45) is 4.89. The highest BCUT2D eigenvalue weighted by atomic mass is 32.2. The van der Waals surface area contributed by atoms with Crippen molar-refractivity contribution in [1.29, 1.82) is 0 Å². The smallest absolute Gasteiger partial charge is 0.353 e. The van der Waals surface area contributed by atoms with Crippen LogP contribution in [0.15, 0.2) is 39.9 Å². The normalized spacial score (nSPS) is 15.2. The van der Waals surface area contributed by atoms with E-state index < -0.39 is 22.4 Å². The first-order valence-corrected chi connectivity index (χ1v) is 11.3. The van der Waals surface area contributed by atoms with Crippen molar-refractivity contribution in [2.24, 2.45) is 4.36 Å². The Balaban J connectivity index is 1.49. The van der Waals surface area contributed by atoms with Gasteiger partial charge in [0.15, 0.2) is 0 Å². The second-order valence-corrected chi connectivity index (χ2v) is 8.62. The predicted molar refractivity (Wildman–Crippen MR) is 115 cm³/mol. The van der Waals surface area contributed by atoms with Gasteiger partial charge in [-0.3, -0.25) is 0 Å². The maximum atomic E-state index is 14.6.